The van der Waals surface area contributed by atoms with Crippen LogP contribution in [-0.2, 0) is 9.53 Å². The summed E-state index contributed by atoms with van der Waals surface area (Å²) in [5, 5.41) is 3.38. The van der Waals surface area contributed by atoms with Crippen molar-refractivity contribution in [2.24, 2.45) is 5.92 Å². The SMILES string of the molecule is CC1CCOC1C(=O)N1CCCNc2ccccc21. The van der Waals surface area contributed by atoms with Crippen molar-refractivity contribution in [3.05, 3.63) is 24.3 Å². The predicted molar refractivity (Wildman–Crippen MR) is 75.4 cm³/mol. The summed E-state index contributed by atoms with van der Waals surface area (Å²) in [5.41, 5.74) is 2.02. The Morgan fingerprint density at radius 2 is 2.26 bits per heavy atom. The van der Waals surface area contributed by atoms with Gasteiger partial charge >= 0.3 is 0 Å². The molecule has 3 rings (SSSR count). The molecule has 4 heteroatoms. The van der Waals surface area contributed by atoms with Crippen LogP contribution in [0.5, 0.6) is 0 Å². The lowest BCUT2D eigenvalue weighted by Crippen LogP contribution is -2.41. The Kier molecular flexibility index (Phi) is 3.42. The molecular weight excluding hydrogens is 240 g/mol. The molecule has 0 aliphatic carbocycles. The third-order valence-corrected chi connectivity index (χ3v) is 3.97. The van der Waals surface area contributed by atoms with Crippen molar-refractivity contribution in [1.29, 1.82) is 0 Å². The van der Waals surface area contributed by atoms with Crippen molar-refractivity contribution < 1.29 is 9.53 Å². The maximum atomic E-state index is 12.7. The first-order valence-electron chi connectivity index (χ1n) is 7.03. The standard InChI is InChI=1S/C15H20N2O2/c1-11-7-10-19-14(11)15(18)17-9-4-8-16-12-5-2-3-6-13(12)17/h2-3,5-6,11,14,16H,4,7-10H2,1H3. The molecule has 1 saturated heterocycles. The Bertz CT molecular complexity index is 475. The van der Waals surface area contributed by atoms with Gasteiger partial charge in [-0.1, -0.05) is 19.1 Å². The Labute approximate surface area is 113 Å². The average molecular weight is 260 g/mol. The minimum atomic E-state index is -0.272. The Morgan fingerprint density at radius 3 is 3.05 bits per heavy atom. The molecule has 0 aromatic heterocycles. The third-order valence-electron chi connectivity index (χ3n) is 3.97. The van der Waals surface area contributed by atoms with Gasteiger partial charge in [0.2, 0.25) is 0 Å². The molecular formula is C15H20N2O2. The molecule has 1 fully saturated rings. The largest absolute Gasteiger partial charge is 0.383 e. The molecule has 102 valence electrons. The van der Waals surface area contributed by atoms with Crippen molar-refractivity contribution in [2.75, 3.05) is 29.9 Å². The summed E-state index contributed by atoms with van der Waals surface area (Å²) < 4.78 is 5.62. The average Bonchev–Trinajstić information content (AvgIpc) is 2.74. The summed E-state index contributed by atoms with van der Waals surface area (Å²) >= 11 is 0. The fraction of sp³-hybridized carbons (Fsp3) is 0.533. The molecule has 2 atom stereocenters. The normalized spacial score (nSPS) is 26.5. The molecule has 2 aliphatic heterocycles. The van der Waals surface area contributed by atoms with Crippen LogP contribution >= 0.6 is 0 Å². The zero-order valence-electron chi connectivity index (χ0n) is 11.3. The Hall–Kier alpha value is -1.55. The summed E-state index contributed by atoms with van der Waals surface area (Å²) in [5.74, 6) is 0.428. The van der Waals surface area contributed by atoms with Crippen molar-refractivity contribution in [3.8, 4) is 0 Å². The highest BCUT2D eigenvalue weighted by Crippen LogP contribution is 2.31. The smallest absolute Gasteiger partial charge is 0.256 e. The fourth-order valence-corrected chi connectivity index (χ4v) is 2.83. The van der Waals surface area contributed by atoms with Gasteiger partial charge in [0.05, 0.1) is 11.4 Å². The van der Waals surface area contributed by atoms with Gasteiger partial charge in [0.1, 0.15) is 6.10 Å². The molecule has 2 heterocycles. The molecule has 1 N–H and O–H groups in total. The van der Waals surface area contributed by atoms with E-state index in [9.17, 15) is 4.79 Å². The van der Waals surface area contributed by atoms with Gasteiger partial charge in [-0.15, -0.1) is 0 Å². The number of rotatable bonds is 1. The van der Waals surface area contributed by atoms with E-state index in [-0.39, 0.29) is 12.0 Å². The molecule has 1 amide bonds. The predicted octanol–water partition coefficient (Wildman–Crippen LogP) is 2.26. The van der Waals surface area contributed by atoms with E-state index in [1.54, 1.807) is 0 Å². The molecule has 1 aromatic carbocycles. The van der Waals surface area contributed by atoms with Crippen LogP contribution in [0.1, 0.15) is 19.8 Å². The number of nitrogens with one attached hydrogen (secondary N) is 1. The van der Waals surface area contributed by atoms with Crippen LogP contribution in [0.25, 0.3) is 0 Å². The first-order valence-corrected chi connectivity index (χ1v) is 7.03. The first-order chi connectivity index (χ1) is 9.27. The van der Waals surface area contributed by atoms with Crippen molar-refractivity contribution in [1.82, 2.24) is 0 Å². The van der Waals surface area contributed by atoms with E-state index < -0.39 is 0 Å². The summed E-state index contributed by atoms with van der Waals surface area (Å²) in [7, 11) is 0. The summed E-state index contributed by atoms with van der Waals surface area (Å²) in [6.45, 7) is 4.46. The summed E-state index contributed by atoms with van der Waals surface area (Å²) in [4.78, 5) is 14.6. The maximum absolute atomic E-state index is 12.7. The number of carbonyl (C=O) groups is 1. The molecule has 0 saturated carbocycles. The first kappa shape index (κ1) is 12.5. The zero-order chi connectivity index (χ0) is 13.2. The van der Waals surface area contributed by atoms with Crippen LogP contribution in [0.2, 0.25) is 0 Å². The molecule has 0 bridgehead atoms. The molecule has 4 nitrogen and oxygen atoms in total. The lowest BCUT2D eigenvalue weighted by atomic mass is 10.0. The van der Waals surface area contributed by atoms with E-state index in [0.717, 1.165) is 37.3 Å². The number of hydrogen-bond acceptors (Lipinski definition) is 3. The zero-order valence-corrected chi connectivity index (χ0v) is 11.3. The number of anilines is 2. The van der Waals surface area contributed by atoms with Gasteiger partial charge in [0.25, 0.3) is 5.91 Å². The third kappa shape index (κ3) is 2.32. The van der Waals surface area contributed by atoms with Crippen LogP contribution in [-0.4, -0.2) is 31.7 Å². The number of amides is 1. The van der Waals surface area contributed by atoms with Gasteiger partial charge in [0, 0.05) is 19.7 Å². The van der Waals surface area contributed by atoms with E-state index in [1.807, 2.05) is 29.2 Å². The quantitative estimate of drug-likeness (QED) is 0.842. The highest BCUT2D eigenvalue weighted by molar-refractivity contribution is 5.99. The second-order valence-corrected chi connectivity index (χ2v) is 5.34. The fourth-order valence-electron chi connectivity index (χ4n) is 2.83. The second-order valence-electron chi connectivity index (χ2n) is 5.34. The molecule has 1 aromatic rings. The topological polar surface area (TPSA) is 41.6 Å². The minimum Gasteiger partial charge on any atom is -0.383 e. The molecule has 2 aliphatic rings. The van der Waals surface area contributed by atoms with Crippen LogP contribution in [0.15, 0.2) is 24.3 Å². The van der Waals surface area contributed by atoms with Gasteiger partial charge in [-0.25, -0.2) is 0 Å². The van der Waals surface area contributed by atoms with Crippen LogP contribution < -0.4 is 10.2 Å². The van der Waals surface area contributed by atoms with Crippen LogP contribution in [0.4, 0.5) is 11.4 Å². The lowest BCUT2D eigenvalue weighted by molar-refractivity contribution is -0.128. The van der Waals surface area contributed by atoms with E-state index >= 15 is 0 Å². The van der Waals surface area contributed by atoms with Gasteiger partial charge in [0.15, 0.2) is 0 Å². The highest BCUT2D eigenvalue weighted by Gasteiger charge is 2.35. The van der Waals surface area contributed by atoms with E-state index in [1.165, 1.54) is 0 Å². The van der Waals surface area contributed by atoms with E-state index in [4.69, 9.17) is 4.74 Å². The maximum Gasteiger partial charge on any atom is 0.256 e. The number of nitrogens with zero attached hydrogens (tertiary/aromatic N) is 1. The van der Waals surface area contributed by atoms with Crippen molar-refractivity contribution >= 4 is 17.3 Å². The minimum absolute atomic E-state index is 0.112. The molecule has 2 unspecified atom stereocenters. The molecule has 19 heavy (non-hydrogen) atoms. The molecule has 0 spiro atoms. The number of carbonyl (C=O) groups excluding carboxylic acids is 1. The van der Waals surface area contributed by atoms with Crippen LogP contribution in [0, 0.1) is 5.92 Å². The van der Waals surface area contributed by atoms with Gasteiger partial charge in [-0.05, 0) is 30.9 Å². The van der Waals surface area contributed by atoms with Crippen molar-refractivity contribution in [3.63, 3.8) is 0 Å². The monoisotopic (exact) mass is 260 g/mol. The highest BCUT2D eigenvalue weighted by atomic mass is 16.5. The number of ether oxygens (including phenoxy) is 1. The number of hydrogen-bond donors (Lipinski definition) is 1. The number of fused-ring (bicyclic) bond motifs is 1. The summed E-state index contributed by atoms with van der Waals surface area (Å²) in [6.07, 6.45) is 1.66. The Balaban J connectivity index is 1.89. The molecule has 0 radical (unpaired) electrons. The number of benzene rings is 1. The van der Waals surface area contributed by atoms with Crippen LogP contribution in [0.3, 0.4) is 0 Å². The second kappa shape index (κ2) is 5.21. The van der Waals surface area contributed by atoms with E-state index in [0.29, 0.717) is 12.5 Å². The van der Waals surface area contributed by atoms with Gasteiger partial charge in [-0.2, -0.15) is 0 Å². The number of para-hydroxylation sites is 2. The lowest BCUT2D eigenvalue weighted by Gasteiger charge is -2.26. The Morgan fingerprint density at radius 1 is 1.42 bits per heavy atom. The van der Waals surface area contributed by atoms with E-state index in [2.05, 4.69) is 12.2 Å². The van der Waals surface area contributed by atoms with Crippen molar-refractivity contribution in [2.45, 2.75) is 25.9 Å². The van der Waals surface area contributed by atoms with Gasteiger partial charge < -0.3 is 15.0 Å². The summed E-state index contributed by atoms with van der Waals surface area (Å²) in [6, 6.07) is 8.00. The van der Waals surface area contributed by atoms with Gasteiger partial charge in [-0.3, -0.25) is 4.79 Å².